The van der Waals surface area contributed by atoms with E-state index in [-0.39, 0.29) is 0 Å². The van der Waals surface area contributed by atoms with Crippen molar-refractivity contribution in [2.75, 3.05) is 0 Å². The Labute approximate surface area is 324 Å². The molecule has 0 aliphatic carbocycles. The second kappa shape index (κ2) is 14.3. The second-order valence-corrected chi connectivity index (χ2v) is 13.6. The van der Waals surface area contributed by atoms with Crippen molar-refractivity contribution in [3.8, 4) is 79.2 Å². The Bertz CT molecular complexity index is 2950. The first-order valence-electron chi connectivity index (χ1n) is 18.7. The third-order valence-electron chi connectivity index (χ3n) is 10.2. The fourth-order valence-electron chi connectivity index (χ4n) is 7.48. The summed E-state index contributed by atoms with van der Waals surface area (Å²) in [7, 11) is 0. The first-order chi connectivity index (χ1) is 27.8. The lowest BCUT2D eigenvalue weighted by molar-refractivity contribution is 1.08. The van der Waals surface area contributed by atoms with Crippen molar-refractivity contribution in [2.45, 2.75) is 0 Å². The van der Waals surface area contributed by atoms with Gasteiger partial charge in [-0.2, -0.15) is 0 Å². The van der Waals surface area contributed by atoms with E-state index in [1.54, 1.807) is 0 Å². The largest absolute Gasteiger partial charge is 0.228 e. The first-order valence-corrected chi connectivity index (χ1v) is 18.7. The van der Waals surface area contributed by atoms with Crippen molar-refractivity contribution < 1.29 is 0 Å². The highest BCUT2D eigenvalue weighted by Crippen LogP contribution is 2.39. The molecule has 0 fully saturated rings. The van der Waals surface area contributed by atoms with Gasteiger partial charge >= 0.3 is 0 Å². The molecule has 0 saturated carbocycles. The Morgan fingerprint density at radius 3 is 0.964 bits per heavy atom. The first kappa shape index (κ1) is 33.0. The summed E-state index contributed by atoms with van der Waals surface area (Å²) < 4.78 is 0. The van der Waals surface area contributed by atoms with Gasteiger partial charge in [-0.15, -0.1) is 0 Å². The van der Waals surface area contributed by atoms with Gasteiger partial charge in [0.05, 0.1) is 11.4 Å². The topological polar surface area (TPSA) is 64.5 Å². The molecule has 5 heteroatoms. The van der Waals surface area contributed by atoms with Gasteiger partial charge in [0.1, 0.15) is 0 Å². The van der Waals surface area contributed by atoms with Crippen LogP contribution in [0.15, 0.2) is 200 Å². The van der Waals surface area contributed by atoms with Crippen LogP contribution in [-0.2, 0) is 0 Å². The van der Waals surface area contributed by atoms with E-state index in [0.717, 1.165) is 60.9 Å². The molecule has 0 bridgehead atoms. The third kappa shape index (κ3) is 6.17. The van der Waals surface area contributed by atoms with E-state index in [0.29, 0.717) is 23.3 Å². The van der Waals surface area contributed by atoms with Crippen molar-refractivity contribution in [1.29, 1.82) is 0 Å². The number of benzene rings is 8. The molecule has 0 amide bonds. The molecule has 0 radical (unpaired) electrons. The van der Waals surface area contributed by atoms with Crippen molar-refractivity contribution >= 4 is 21.5 Å². The van der Waals surface area contributed by atoms with Crippen LogP contribution in [0.3, 0.4) is 0 Å². The number of rotatable bonds is 7. The SMILES string of the molecule is c1ccc(-c2nc(-c3ccc(-c4ccccc4)c4ccccc34)cc(-c3ccc(-c4nc(-c5ccccc5)nc(-c5ccccc5)n4)c4ccccc34)n2)cc1. The summed E-state index contributed by atoms with van der Waals surface area (Å²) >= 11 is 0. The molecule has 2 heterocycles. The number of nitrogens with zero attached hydrogens (tertiary/aromatic N) is 5. The van der Waals surface area contributed by atoms with Gasteiger partial charge in [-0.3, -0.25) is 0 Å². The van der Waals surface area contributed by atoms with Crippen LogP contribution in [0.4, 0.5) is 0 Å². The van der Waals surface area contributed by atoms with E-state index in [9.17, 15) is 0 Å². The molecular formula is C51H33N5. The number of aromatic nitrogens is 5. The molecule has 10 aromatic rings. The van der Waals surface area contributed by atoms with Crippen molar-refractivity contribution in [1.82, 2.24) is 24.9 Å². The average Bonchev–Trinajstić information content (AvgIpc) is 3.29. The molecule has 8 aromatic carbocycles. The Morgan fingerprint density at radius 2 is 0.518 bits per heavy atom. The quantitative estimate of drug-likeness (QED) is 0.164. The molecule has 0 N–H and O–H groups in total. The van der Waals surface area contributed by atoms with Crippen molar-refractivity contribution in [2.24, 2.45) is 0 Å². The molecule has 0 saturated heterocycles. The molecule has 2 aromatic heterocycles. The van der Waals surface area contributed by atoms with Crippen molar-refractivity contribution in [3.63, 3.8) is 0 Å². The molecule has 56 heavy (non-hydrogen) atoms. The zero-order chi connectivity index (χ0) is 37.3. The third-order valence-corrected chi connectivity index (χ3v) is 10.2. The van der Waals surface area contributed by atoms with Crippen LogP contribution in [0.5, 0.6) is 0 Å². The molecular weight excluding hydrogens is 683 g/mol. The van der Waals surface area contributed by atoms with Crippen molar-refractivity contribution in [3.05, 3.63) is 200 Å². The number of fused-ring (bicyclic) bond motifs is 2. The predicted octanol–water partition coefficient (Wildman–Crippen LogP) is 12.6. The number of hydrogen-bond donors (Lipinski definition) is 0. The van der Waals surface area contributed by atoms with Crippen LogP contribution in [0.2, 0.25) is 0 Å². The zero-order valence-corrected chi connectivity index (χ0v) is 30.3. The van der Waals surface area contributed by atoms with Gasteiger partial charge in [0, 0.05) is 33.4 Å². The van der Waals surface area contributed by atoms with E-state index in [2.05, 4.69) is 121 Å². The van der Waals surface area contributed by atoms with E-state index < -0.39 is 0 Å². The van der Waals surface area contributed by atoms with Gasteiger partial charge in [0.15, 0.2) is 23.3 Å². The molecule has 0 unspecified atom stereocenters. The normalized spacial score (nSPS) is 11.2. The minimum absolute atomic E-state index is 0.610. The van der Waals surface area contributed by atoms with Crippen LogP contribution < -0.4 is 0 Å². The Kier molecular flexibility index (Phi) is 8.43. The van der Waals surface area contributed by atoms with Crippen LogP contribution >= 0.6 is 0 Å². The summed E-state index contributed by atoms with van der Waals surface area (Å²) in [6, 6.07) is 68.7. The summed E-state index contributed by atoms with van der Waals surface area (Å²) in [6.07, 6.45) is 0. The van der Waals surface area contributed by atoms with Crippen LogP contribution in [0.25, 0.3) is 101 Å². The van der Waals surface area contributed by atoms with Crippen LogP contribution in [0.1, 0.15) is 0 Å². The highest BCUT2D eigenvalue weighted by molar-refractivity contribution is 6.06. The molecule has 0 aliphatic heterocycles. The monoisotopic (exact) mass is 715 g/mol. The van der Waals surface area contributed by atoms with Gasteiger partial charge in [0.2, 0.25) is 0 Å². The smallest absolute Gasteiger partial charge is 0.164 e. The van der Waals surface area contributed by atoms with Crippen LogP contribution in [-0.4, -0.2) is 24.9 Å². The molecule has 262 valence electrons. The van der Waals surface area contributed by atoms with E-state index in [1.165, 1.54) is 16.5 Å². The molecule has 10 rings (SSSR count). The lowest BCUT2D eigenvalue weighted by Gasteiger charge is -2.15. The standard InChI is InChI=1S/C51H33N5/c1-5-17-34(18-6-1)38-29-30-43(40-26-14-13-25-39(38)40)46-33-47(53-48(52-46)35-19-7-2-8-20-35)44-31-32-45(42-28-16-15-27-41(42)44)51-55-49(36-21-9-3-10-22-36)54-50(56-51)37-23-11-4-12-24-37/h1-33H. The van der Waals surface area contributed by atoms with Gasteiger partial charge in [-0.05, 0) is 44.8 Å². The maximum absolute atomic E-state index is 5.25. The lowest BCUT2D eigenvalue weighted by atomic mass is 9.93. The van der Waals surface area contributed by atoms with Gasteiger partial charge < -0.3 is 0 Å². The fraction of sp³-hybridized carbons (Fsp3) is 0. The number of hydrogen-bond acceptors (Lipinski definition) is 5. The van der Waals surface area contributed by atoms with E-state index >= 15 is 0 Å². The second-order valence-electron chi connectivity index (χ2n) is 13.6. The minimum atomic E-state index is 0.610. The van der Waals surface area contributed by atoms with E-state index in [1.807, 2.05) is 78.9 Å². The molecule has 5 nitrogen and oxygen atoms in total. The summed E-state index contributed by atoms with van der Waals surface area (Å²) in [5, 5.41) is 4.37. The highest BCUT2D eigenvalue weighted by Gasteiger charge is 2.19. The van der Waals surface area contributed by atoms with Crippen LogP contribution in [0, 0.1) is 0 Å². The maximum Gasteiger partial charge on any atom is 0.164 e. The van der Waals surface area contributed by atoms with Gasteiger partial charge in [-0.1, -0.05) is 188 Å². The Hall–Kier alpha value is -7.63. The zero-order valence-electron chi connectivity index (χ0n) is 30.3. The summed E-state index contributed by atoms with van der Waals surface area (Å²) in [5.41, 5.74) is 9.84. The van der Waals surface area contributed by atoms with E-state index in [4.69, 9.17) is 24.9 Å². The predicted molar refractivity (Wildman–Crippen MR) is 228 cm³/mol. The molecule has 0 atom stereocenters. The molecule has 0 aliphatic rings. The summed E-state index contributed by atoms with van der Waals surface area (Å²) in [4.78, 5) is 25.6. The van der Waals surface area contributed by atoms with Gasteiger partial charge in [-0.25, -0.2) is 24.9 Å². The summed E-state index contributed by atoms with van der Waals surface area (Å²) in [5.74, 6) is 2.53. The Morgan fingerprint density at radius 1 is 0.214 bits per heavy atom. The molecule has 0 spiro atoms. The average molecular weight is 716 g/mol. The highest BCUT2D eigenvalue weighted by atomic mass is 15.0. The minimum Gasteiger partial charge on any atom is -0.228 e. The maximum atomic E-state index is 5.25. The lowest BCUT2D eigenvalue weighted by Crippen LogP contribution is -2.01. The summed E-state index contributed by atoms with van der Waals surface area (Å²) in [6.45, 7) is 0. The van der Waals surface area contributed by atoms with Gasteiger partial charge in [0.25, 0.3) is 0 Å². The Balaban J connectivity index is 1.17. The fourth-order valence-corrected chi connectivity index (χ4v) is 7.48.